The first-order chi connectivity index (χ1) is 15.7. The second kappa shape index (κ2) is 9.17. The molecule has 5 rings (SSSR count). The number of pyridine rings is 1. The molecule has 1 amide bonds. The second-order valence-corrected chi connectivity index (χ2v) is 8.90. The van der Waals surface area contributed by atoms with Crippen LogP contribution in [-0.4, -0.2) is 46.0 Å². The normalized spacial score (nSPS) is 21.3. The summed E-state index contributed by atoms with van der Waals surface area (Å²) in [6.45, 7) is 3.97. The lowest BCUT2D eigenvalue weighted by molar-refractivity contribution is 0.0160. The third-order valence-electron chi connectivity index (χ3n) is 6.80. The van der Waals surface area contributed by atoms with Crippen LogP contribution in [0.15, 0.2) is 76.1 Å². The molecule has 2 saturated heterocycles. The third kappa shape index (κ3) is 4.41. The van der Waals surface area contributed by atoms with E-state index in [1.807, 2.05) is 11.0 Å². The molecule has 6 heteroatoms. The second-order valence-electron chi connectivity index (χ2n) is 8.90. The number of benzene rings is 1. The number of likely N-dealkylation sites (tertiary alicyclic amines) is 2. The predicted octanol–water partition coefficient (Wildman–Crippen LogP) is 3.62. The van der Waals surface area contributed by atoms with Crippen LogP contribution in [0.25, 0.3) is 0 Å². The van der Waals surface area contributed by atoms with Crippen molar-refractivity contribution in [3.8, 4) is 0 Å². The van der Waals surface area contributed by atoms with Crippen molar-refractivity contribution in [2.24, 2.45) is 5.92 Å². The van der Waals surface area contributed by atoms with Gasteiger partial charge in [0, 0.05) is 37.9 Å². The summed E-state index contributed by atoms with van der Waals surface area (Å²) in [7, 11) is 0. The van der Waals surface area contributed by atoms with Gasteiger partial charge < -0.3 is 13.9 Å². The number of carbonyl (C=O) groups excluding carboxylic acids is 1. The maximum absolute atomic E-state index is 13.1. The summed E-state index contributed by atoms with van der Waals surface area (Å²) in [6, 6.07) is 19.8. The Balaban J connectivity index is 1.23. The van der Waals surface area contributed by atoms with Gasteiger partial charge in [0.15, 0.2) is 5.76 Å². The predicted molar refractivity (Wildman–Crippen MR) is 122 cm³/mol. The summed E-state index contributed by atoms with van der Waals surface area (Å²) in [5, 5.41) is 0. The van der Waals surface area contributed by atoms with Crippen LogP contribution in [0.1, 0.15) is 41.1 Å². The third-order valence-corrected chi connectivity index (χ3v) is 6.80. The standard InChI is InChI=1S/C26H29N3O3/c30-25-10-4-5-14-28(25)19-22-11-12-24(32-22)26(31)29-16-13-23-21(18-29)9-6-15-27(23)17-20-7-2-1-3-8-20/h1-5,7-8,10-12,14,21,23H,6,9,13,15-19H2/t21-,23-/m0/s1. The van der Waals surface area contributed by atoms with Gasteiger partial charge in [0.2, 0.25) is 0 Å². The van der Waals surface area contributed by atoms with Gasteiger partial charge in [0.05, 0.1) is 6.54 Å². The van der Waals surface area contributed by atoms with Gasteiger partial charge in [-0.2, -0.15) is 0 Å². The summed E-state index contributed by atoms with van der Waals surface area (Å²) in [5.74, 6) is 1.43. The number of nitrogens with zero attached hydrogens (tertiary/aromatic N) is 3. The number of piperidine rings is 2. The van der Waals surface area contributed by atoms with E-state index in [0.717, 1.165) is 32.6 Å². The molecular formula is C26H29N3O3. The van der Waals surface area contributed by atoms with Gasteiger partial charge in [0.25, 0.3) is 11.5 Å². The van der Waals surface area contributed by atoms with E-state index in [4.69, 9.17) is 4.42 Å². The first-order valence-corrected chi connectivity index (χ1v) is 11.5. The Labute approximate surface area is 188 Å². The molecule has 2 aliphatic rings. The number of aromatic nitrogens is 1. The van der Waals surface area contributed by atoms with Gasteiger partial charge in [-0.15, -0.1) is 0 Å². The average molecular weight is 432 g/mol. The van der Waals surface area contributed by atoms with Gasteiger partial charge in [-0.1, -0.05) is 36.4 Å². The van der Waals surface area contributed by atoms with Crippen molar-refractivity contribution in [2.75, 3.05) is 19.6 Å². The van der Waals surface area contributed by atoms with Crippen LogP contribution in [0.2, 0.25) is 0 Å². The summed E-state index contributed by atoms with van der Waals surface area (Å²) in [5.41, 5.74) is 1.27. The zero-order chi connectivity index (χ0) is 21.9. The van der Waals surface area contributed by atoms with Crippen LogP contribution in [0.3, 0.4) is 0 Å². The Morgan fingerprint density at radius 2 is 1.78 bits per heavy atom. The molecular weight excluding hydrogens is 402 g/mol. The quantitative estimate of drug-likeness (QED) is 0.619. The molecule has 4 heterocycles. The van der Waals surface area contributed by atoms with E-state index in [1.54, 1.807) is 29.0 Å². The highest BCUT2D eigenvalue weighted by molar-refractivity contribution is 5.91. The van der Waals surface area contributed by atoms with E-state index < -0.39 is 0 Å². The monoisotopic (exact) mass is 431 g/mol. The number of hydrogen-bond donors (Lipinski definition) is 0. The van der Waals surface area contributed by atoms with Crippen LogP contribution in [0, 0.1) is 5.92 Å². The van der Waals surface area contributed by atoms with Gasteiger partial charge in [-0.3, -0.25) is 14.5 Å². The molecule has 2 fully saturated rings. The fraction of sp³-hybridized carbons (Fsp3) is 0.385. The Bertz CT molecular complexity index is 1120. The lowest BCUT2D eigenvalue weighted by Crippen LogP contribution is -2.54. The molecule has 0 radical (unpaired) electrons. The zero-order valence-electron chi connectivity index (χ0n) is 18.2. The van der Waals surface area contributed by atoms with Gasteiger partial charge >= 0.3 is 0 Å². The van der Waals surface area contributed by atoms with Crippen LogP contribution >= 0.6 is 0 Å². The van der Waals surface area contributed by atoms with Crippen molar-refractivity contribution in [2.45, 2.75) is 38.4 Å². The Kier molecular flexibility index (Phi) is 5.95. The van der Waals surface area contributed by atoms with E-state index in [0.29, 0.717) is 30.0 Å². The minimum Gasteiger partial charge on any atom is -0.454 e. The van der Waals surface area contributed by atoms with Crippen LogP contribution in [0.4, 0.5) is 0 Å². The molecule has 0 saturated carbocycles. The van der Waals surface area contributed by atoms with E-state index in [1.165, 1.54) is 24.5 Å². The lowest BCUT2D eigenvalue weighted by atomic mass is 9.83. The van der Waals surface area contributed by atoms with Crippen molar-refractivity contribution >= 4 is 5.91 Å². The fourth-order valence-corrected chi connectivity index (χ4v) is 5.20. The lowest BCUT2D eigenvalue weighted by Gasteiger charge is -2.47. The first kappa shape index (κ1) is 20.8. The van der Waals surface area contributed by atoms with E-state index >= 15 is 0 Å². The van der Waals surface area contributed by atoms with Crippen molar-refractivity contribution in [1.29, 1.82) is 0 Å². The van der Waals surface area contributed by atoms with Crippen molar-refractivity contribution in [3.05, 3.63) is 94.3 Å². The number of carbonyl (C=O) groups is 1. The maximum atomic E-state index is 13.1. The van der Waals surface area contributed by atoms with Crippen molar-refractivity contribution < 1.29 is 9.21 Å². The fourth-order valence-electron chi connectivity index (χ4n) is 5.20. The molecule has 0 spiro atoms. The Morgan fingerprint density at radius 1 is 0.938 bits per heavy atom. The first-order valence-electron chi connectivity index (χ1n) is 11.5. The molecule has 0 aliphatic carbocycles. The zero-order valence-corrected chi connectivity index (χ0v) is 18.2. The van der Waals surface area contributed by atoms with E-state index in [-0.39, 0.29) is 11.5 Å². The van der Waals surface area contributed by atoms with Crippen molar-refractivity contribution in [3.63, 3.8) is 0 Å². The van der Waals surface area contributed by atoms with E-state index in [9.17, 15) is 9.59 Å². The molecule has 3 aromatic rings. The van der Waals surface area contributed by atoms with Gasteiger partial charge in [-0.25, -0.2) is 0 Å². The molecule has 0 bridgehead atoms. The Morgan fingerprint density at radius 3 is 2.62 bits per heavy atom. The molecule has 0 N–H and O–H groups in total. The SMILES string of the molecule is O=C(c1ccc(Cn2ccccc2=O)o1)N1CC[C@H]2[C@@H](CCCN2Cc2ccccc2)C1. The highest BCUT2D eigenvalue weighted by Crippen LogP contribution is 2.32. The molecule has 2 aromatic heterocycles. The molecule has 0 unspecified atom stereocenters. The number of furan rings is 1. The Hall–Kier alpha value is -3.12. The topological polar surface area (TPSA) is 58.7 Å². The van der Waals surface area contributed by atoms with Crippen LogP contribution in [-0.2, 0) is 13.1 Å². The van der Waals surface area contributed by atoms with Crippen LogP contribution in [0.5, 0.6) is 0 Å². The molecule has 1 aromatic carbocycles. The molecule has 2 aliphatic heterocycles. The largest absolute Gasteiger partial charge is 0.454 e. The van der Waals surface area contributed by atoms with Crippen LogP contribution < -0.4 is 5.56 Å². The van der Waals surface area contributed by atoms with Gasteiger partial charge in [-0.05, 0) is 55.5 Å². The maximum Gasteiger partial charge on any atom is 0.289 e. The van der Waals surface area contributed by atoms with E-state index in [2.05, 4.69) is 35.2 Å². The van der Waals surface area contributed by atoms with Gasteiger partial charge in [0.1, 0.15) is 5.76 Å². The average Bonchev–Trinajstić information content (AvgIpc) is 3.29. The number of amides is 1. The minimum atomic E-state index is -0.0868. The number of rotatable bonds is 5. The molecule has 166 valence electrons. The van der Waals surface area contributed by atoms with Crippen molar-refractivity contribution in [1.82, 2.24) is 14.4 Å². The summed E-state index contributed by atoms with van der Waals surface area (Å²) in [6.07, 6.45) is 5.06. The molecule has 2 atom stereocenters. The smallest absolute Gasteiger partial charge is 0.289 e. The number of hydrogen-bond acceptors (Lipinski definition) is 4. The minimum absolute atomic E-state index is 0.0460. The molecule has 32 heavy (non-hydrogen) atoms. The summed E-state index contributed by atoms with van der Waals surface area (Å²) >= 11 is 0. The number of fused-ring (bicyclic) bond motifs is 1. The summed E-state index contributed by atoms with van der Waals surface area (Å²) in [4.78, 5) is 29.6. The highest BCUT2D eigenvalue weighted by atomic mass is 16.4. The highest BCUT2D eigenvalue weighted by Gasteiger charge is 2.37. The molecule has 6 nitrogen and oxygen atoms in total. The summed E-state index contributed by atoms with van der Waals surface area (Å²) < 4.78 is 7.40.